The molecule has 2 rings (SSSR count). The van der Waals surface area contributed by atoms with Gasteiger partial charge in [0.25, 0.3) is 0 Å². The van der Waals surface area contributed by atoms with Crippen LogP contribution in [0.15, 0.2) is 36.7 Å². The summed E-state index contributed by atoms with van der Waals surface area (Å²) in [5.41, 5.74) is 1.27. The summed E-state index contributed by atoms with van der Waals surface area (Å²) in [6.45, 7) is 0. The molecule has 0 N–H and O–H groups in total. The highest BCUT2D eigenvalue weighted by molar-refractivity contribution is 5.88. The van der Waals surface area contributed by atoms with Crippen molar-refractivity contribution in [3.8, 4) is 11.4 Å². The Hall–Kier alpha value is -2.30. The van der Waals surface area contributed by atoms with Gasteiger partial charge in [-0.1, -0.05) is 0 Å². The molecule has 0 saturated heterocycles. The average Bonchev–Trinajstić information content (AvgIpc) is 2.87. The van der Waals surface area contributed by atoms with Crippen molar-refractivity contribution in [1.29, 1.82) is 0 Å². The second-order valence-electron chi connectivity index (χ2n) is 3.36. The highest BCUT2D eigenvalue weighted by Gasteiger charge is 2.08. The zero-order chi connectivity index (χ0) is 12.3. The minimum absolute atomic E-state index is 0.398. The number of esters is 1. The lowest BCUT2D eigenvalue weighted by Gasteiger charge is -2.02. The van der Waals surface area contributed by atoms with Gasteiger partial charge in [-0.3, -0.25) is 0 Å². The first-order chi connectivity index (χ1) is 8.24. The lowest BCUT2D eigenvalue weighted by molar-refractivity contribution is 0.0600. The normalized spacial score (nSPS) is 10.0. The second-order valence-corrected chi connectivity index (χ2v) is 3.36. The van der Waals surface area contributed by atoms with Crippen molar-refractivity contribution < 1.29 is 14.3 Å². The third kappa shape index (κ3) is 2.28. The largest absolute Gasteiger partial charge is 0.497 e. The number of carbonyl (C=O) groups excluding carboxylic acids is 1. The van der Waals surface area contributed by atoms with Gasteiger partial charge in [-0.15, -0.1) is 0 Å². The fourth-order valence-electron chi connectivity index (χ4n) is 1.42. The molecule has 0 fully saturated rings. The maximum Gasteiger partial charge on any atom is 0.341 e. The molecule has 5 nitrogen and oxygen atoms in total. The van der Waals surface area contributed by atoms with E-state index in [1.807, 2.05) is 24.3 Å². The van der Waals surface area contributed by atoms with Crippen LogP contribution in [-0.4, -0.2) is 30.0 Å². The molecular weight excluding hydrogens is 220 g/mol. The van der Waals surface area contributed by atoms with E-state index >= 15 is 0 Å². The van der Waals surface area contributed by atoms with Crippen molar-refractivity contribution in [3.63, 3.8) is 0 Å². The predicted molar refractivity (Wildman–Crippen MR) is 61.5 cm³/mol. The topological polar surface area (TPSA) is 53.3 Å². The van der Waals surface area contributed by atoms with Crippen LogP contribution >= 0.6 is 0 Å². The Bertz CT molecular complexity index is 517. The maximum atomic E-state index is 11.3. The molecule has 1 aromatic heterocycles. The zero-order valence-electron chi connectivity index (χ0n) is 9.58. The van der Waals surface area contributed by atoms with E-state index in [1.165, 1.54) is 13.3 Å². The van der Waals surface area contributed by atoms with Crippen LogP contribution in [0.1, 0.15) is 10.4 Å². The number of hydrogen-bond donors (Lipinski definition) is 0. The highest BCUT2D eigenvalue weighted by Crippen LogP contribution is 2.14. The number of ether oxygens (including phenoxy) is 2. The average molecular weight is 232 g/mol. The summed E-state index contributed by atoms with van der Waals surface area (Å²) in [5, 5.41) is 4.09. The first-order valence-electron chi connectivity index (χ1n) is 5.02. The van der Waals surface area contributed by atoms with Gasteiger partial charge in [0.2, 0.25) is 0 Å². The molecule has 0 radical (unpaired) electrons. The Morgan fingerprint density at radius 1 is 1.24 bits per heavy atom. The van der Waals surface area contributed by atoms with Crippen LogP contribution in [-0.2, 0) is 4.74 Å². The van der Waals surface area contributed by atoms with Gasteiger partial charge in [-0.2, -0.15) is 5.10 Å². The van der Waals surface area contributed by atoms with Crippen LogP contribution in [0.5, 0.6) is 5.75 Å². The minimum atomic E-state index is -0.398. The molecule has 0 bridgehead atoms. The van der Waals surface area contributed by atoms with Gasteiger partial charge < -0.3 is 9.47 Å². The molecule has 0 aliphatic rings. The van der Waals surface area contributed by atoms with Crippen LogP contribution in [0.3, 0.4) is 0 Å². The SMILES string of the molecule is COC(=O)c1cnn(-c2ccc(OC)cc2)c1. The van der Waals surface area contributed by atoms with E-state index in [0.717, 1.165) is 11.4 Å². The lowest BCUT2D eigenvalue weighted by Crippen LogP contribution is -1.99. The van der Waals surface area contributed by atoms with E-state index in [4.69, 9.17) is 4.74 Å². The Labute approximate surface area is 98.6 Å². The first kappa shape index (κ1) is 11.2. The van der Waals surface area contributed by atoms with E-state index in [2.05, 4.69) is 9.84 Å². The number of aromatic nitrogens is 2. The van der Waals surface area contributed by atoms with Crippen molar-refractivity contribution in [3.05, 3.63) is 42.2 Å². The third-order valence-electron chi connectivity index (χ3n) is 2.34. The molecule has 1 aromatic carbocycles. The third-order valence-corrected chi connectivity index (χ3v) is 2.34. The summed E-state index contributed by atoms with van der Waals surface area (Å²) in [4.78, 5) is 11.3. The second kappa shape index (κ2) is 4.69. The van der Waals surface area contributed by atoms with Crippen molar-refractivity contribution in [2.75, 3.05) is 14.2 Å². The van der Waals surface area contributed by atoms with Crippen LogP contribution in [0.25, 0.3) is 5.69 Å². The Morgan fingerprint density at radius 3 is 2.53 bits per heavy atom. The van der Waals surface area contributed by atoms with E-state index in [0.29, 0.717) is 5.56 Å². The van der Waals surface area contributed by atoms with Gasteiger partial charge in [-0.05, 0) is 24.3 Å². The predicted octanol–water partition coefficient (Wildman–Crippen LogP) is 1.67. The highest BCUT2D eigenvalue weighted by atomic mass is 16.5. The van der Waals surface area contributed by atoms with Gasteiger partial charge in [0.1, 0.15) is 5.75 Å². The molecular formula is C12H12N2O3. The lowest BCUT2D eigenvalue weighted by atomic mass is 10.3. The molecule has 0 unspecified atom stereocenters. The molecule has 88 valence electrons. The summed E-state index contributed by atoms with van der Waals surface area (Å²) in [6.07, 6.45) is 3.09. The monoisotopic (exact) mass is 232 g/mol. The number of carbonyl (C=O) groups is 1. The molecule has 0 amide bonds. The Morgan fingerprint density at radius 2 is 1.94 bits per heavy atom. The number of hydrogen-bond acceptors (Lipinski definition) is 4. The summed E-state index contributed by atoms with van der Waals surface area (Å²) in [5.74, 6) is 0.374. The van der Waals surface area contributed by atoms with Crippen LogP contribution in [0, 0.1) is 0 Å². The Balaban J connectivity index is 2.27. The molecule has 1 heterocycles. The Kier molecular flexibility index (Phi) is 3.09. The summed E-state index contributed by atoms with van der Waals surface area (Å²) in [6, 6.07) is 7.36. The summed E-state index contributed by atoms with van der Waals surface area (Å²) >= 11 is 0. The molecule has 0 saturated carbocycles. The summed E-state index contributed by atoms with van der Waals surface area (Å²) in [7, 11) is 2.95. The number of nitrogens with zero attached hydrogens (tertiary/aromatic N) is 2. The van der Waals surface area contributed by atoms with Gasteiger partial charge in [0.05, 0.1) is 31.7 Å². The van der Waals surface area contributed by atoms with Crippen LogP contribution < -0.4 is 4.74 Å². The zero-order valence-corrected chi connectivity index (χ0v) is 9.58. The molecule has 5 heteroatoms. The van der Waals surface area contributed by atoms with Gasteiger partial charge >= 0.3 is 5.97 Å². The maximum absolute atomic E-state index is 11.3. The fourth-order valence-corrected chi connectivity index (χ4v) is 1.42. The molecule has 2 aromatic rings. The quantitative estimate of drug-likeness (QED) is 0.755. The molecule has 0 aliphatic heterocycles. The molecule has 0 atom stereocenters. The standard InChI is InChI=1S/C12H12N2O3/c1-16-11-5-3-10(4-6-11)14-8-9(7-13-14)12(15)17-2/h3-8H,1-2H3. The minimum Gasteiger partial charge on any atom is -0.497 e. The fraction of sp³-hybridized carbons (Fsp3) is 0.167. The molecule has 17 heavy (non-hydrogen) atoms. The van der Waals surface area contributed by atoms with Gasteiger partial charge in [0, 0.05) is 6.20 Å². The van der Waals surface area contributed by atoms with E-state index in [9.17, 15) is 4.79 Å². The van der Waals surface area contributed by atoms with Crippen LogP contribution in [0.2, 0.25) is 0 Å². The van der Waals surface area contributed by atoms with Crippen molar-refractivity contribution in [1.82, 2.24) is 9.78 Å². The van der Waals surface area contributed by atoms with Crippen molar-refractivity contribution in [2.45, 2.75) is 0 Å². The van der Waals surface area contributed by atoms with Crippen molar-refractivity contribution in [2.24, 2.45) is 0 Å². The first-order valence-corrected chi connectivity index (χ1v) is 5.02. The van der Waals surface area contributed by atoms with Gasteiger partial charge in [0.15, 0.2) is 0 Å². The molecule has 0 aliphatic carbocycles. The van der Waals surface area contributed by atoms with Gasteiger partial charge in [-0.25, -0.2) is 9.48 Å². The summed E-state index contributed by atoms with van der Waals surface area (Å²) < 4.78 is 11.3. The number of methoxy groups -OCH3 is 2. The molecule has 0 spiro atoms. The van der Waals surface area contributed by atoms with E-state index < -0.39 is 5.97 Å². The number of benzene rings is 1. The van der Waals surface area contributed by atoms with E-state index in [-0.39, 0.29) is 0 Å². The van der Waals surface area contributed by atoms with Crippen LogP contribution in [0.4, 0.5) is 0 Å². The smallest absolute Gasteiger partial charge is 0.341 e. The van der Waals surface area contributed by atoms with Crippen molar-refractivity contribution >= 4 is 5.97 Å². The number of rotatable bonds is 3. The van der Waals surface area contributed by atoms with E-state index in [1.54, 1.807) is 18.0 Å².